The molecule has 0 aliphatic heterocycles. The fraction of sp³-hybridized carbons (Fsp3) is 0.238. The lowest BCUT2D eigenvalue weighted by molar-refractivity contribution is -0.136. The Morgan fingerprint density at radius 3 is 2.76 bits per heavy atom. The summed E-state index contributed by atoms with van der Waals surface area (Å²) >= 11 is 2.23. The van der Waals surface area contributed by atoms with Gasteiger partial charge in [0.15, 0.2) is 0 Å². The SMILES string of the molecule is Cc1nsc(NCc2nc3c(C(F)(F)F)cccc3s2)c1C(=O)Nc1ccc(OCCO)nc1. The molecule has 0 aliphatic carbocycles. The van der Waals surface area contributed by atoms with Gasteiger partial charge >= 0.3 is 6.18 Å². The molecular weight excluding hydrogens is 491 g/mol. The molecule has 0 spiro atoms. The highest BCUT2D eigenvalue weighted by molar-refractivity contribution is 7.18. The van der Waals surface area contributed by atoms with Gasteiger partial charge in [-0.05, 0) is 36.7 Å². The van der Waals surface area contributed by atoms with E-state index < -0.39 is 17.6 Å². The predicted octanol–water partition coefficient (Wildman–Crippen LogP) is 4.71. The van der Waals surface area contributed by atoms with Crippen LogP contribution in [0.4, 0.5) is 23.9 Å². The number of hydrogen-bond acceptors (Lipinski definition) is 9. The van der Waals surface area contributed by atoms with Crippen LogP contribution < -0.4 is 15.4 Å². The summed E-state index contributed by atoms with van der Waals surface area (Å²) in [7, 11) is 0. The Hall–Kier alpha value is -3.29. The number of halogens is 3. The number of aliphatic hydroxyl groups is 1. The molecule has 3 N–H and O–H groups in total. The minimum atomic E-state index is -4.49. The largest absolute Gasteiger partial charge is 0.475 e. The molecule has 8 nitrogen and oxygen atoms in total. The van der Waals surface area contributed by atoms with E-state index in [1.54, 1.807) is 25.1 Å². The molecule has 0 saturated heterocycles. The summed E-state index contributed by atoms with van der Waals surface area (Å²) in [4.78, 5) is 21.1. The van der Waals surface area contributed by atoms with E-state index in [1.807, 2.05) is 0 Å². The predicted molar refractivity (Wildman–Crippen MR) is 124 cm³/mol. The third-order valence-corrected chi connectivity index (χ3v) is 6.51. The molecule has 0 saturated carbocycles. The van der Waals surface area contributed by atoms with E-state index in [-0.39, 0.29) is 25.3 Å². The quantitative estimate of drug-likeness (QED) is 0.316. The minimum absolute atomic E-state index is 0.0887. The number of nitrogens with one attached hydrogen (secondary N) is 2. The number of benzene rings is 1. The molecule has 1 amide bonds. The minimum Gasteiger partial charge on any atom is -0.475 e. The van der Waals surface area contributed by atoms with Gasteiger partial charge in [-0.15, -0.1) is 11.3 Å². The van der Waals surface area contributed by atoms with Crippen LogP contribution >= 0.6 is 22.9 Å². The molecular formula is C21H18F3N5O3S2. The standard InChI is InChI=1S/C21H18F3N5O3S2/c1-11-17(19(31)27-12-5-6-15(25-9-12)32-8-7-30)20(34-29-11)26-10-16-28-18-13(21(22,23)24)3-2-4-14(18)33-16/h2-6,9,26,30H,7-8,10H2,1H3,(H,27,31). The lowest BCUT2D eigenvalue weighted by Gasteiger charge is -2.08. The summed E-state index contributed by atoms with van der Waals surface area (Å²) in [6, 6.07) is 7.13. The number of carbonyl (C=O) groups excluding carboxylic acids is 1. The van der Waals surface area contributed by atoms with E-state index >= 15 is 0 Å². The van der Waals surface area contributed by atoms with Crippen molar-refractivity contribution in [3.05, 3.63) is 58.4 Å². The van der Waals surface area contributed by atoms with Crippen molar-refractivity contribution in [2.24, 2.45) is 0 Å². The van der Waals surface area contributed by atoms with Crippen LogP contribution in [0.25, 0.3) is 10.2 Å². The van der Waals surface area contributed by atoms with Gasteiger partial charge in [-0.3, -0.25) is 4.79 Å². The Morgan fingerprint density at radius 1 is 1.24 bits per heavy atom. The molecule has 178 valence electrons. The molecule has 3 heterocycles. The van der Waals surface area contributed by atoms with Gasteiger partial charge in [0, 0.05) is 6.07 Å². The first-order valence-electron chi connectivity index (χ1n) is 9.93. The number of rotatable bonds is 8. The van der Waals surface area contributed by atoms with Crippen LogP contribution in [0.5, 0.6) is 5.88 Å². The van der Waals surface area contributed by atoms with E-state index in [0.29, 0.717) is 37.5 Å². The molecule has 13 heteroatoms. The summed E-state index contributed by atoms with van der Waals surface area (Å²) < 4.78 is 49.6. The van der Waals surface area contributed by atoms with Crippen molar-refractivity contribution in [3.8, 4) is 5.88 Å². The molecule has 0 bridgehead atoms. The zero-order valence-electron chi connectivity index (χ0n) is 17.6. The van der Waals surface area contributed by atoms with Crippen molar-refractivity contribution >= 4 is 49.7 Å². The van der Waals surface area contributed by atoms with Crippen LogP contribution in [0.15, 0.2) is 36.5 Å². The van der Waals surface area contributed by atoms with E-state index in [0.717, 1.165) is 28.9 Å². The van der Waals surface area contributed by atoms with Crippen LogP contribution in [0, 0.1) is 6.92 Å². The number of para-hydroxylation sites is 1. The maximum absolute atomic E-state index is 13.3. The highest BCUT2D eigenvalue weighted by atomic mass is 32.1. The molecule has 0 unspecified atom stereocenters. The molecule has 4 aromatic rings. The average Bonchev–Trinajstić information content (AvgIpc) is 3.39. The molecule has 0 aliphatic rings. The third kappa shape index (κ3) is 5.26. The molecule has 1 aromatic carbocycles. The number of alkyl halides is 3. The Labute approximate surface area is 199 Å². The topological polar surface area (TPSA) is 109 Å². The van der Waals surface area contributed by atoms with Crippen LogP contribution in [0.3, 0.4) is 0 Å². The highest BCUT2D eigenvalue weighted by Crippen LogP contribution is 2.36. The van der Waals surface area contributed by atoms with Crippen molar-refractivity contribution in [2.75, 3.05) is 23.8 Å². The number of pyridine rings is 1. The monoisotopic (exact) mass is 509 g/mol. The van der Waals surface area contributed by atoms with E-state index in [4.69, 9.17) is 9.84 Å². The highest BCUT2D eigenvalue weighted by Gasteiger charge is 2.33. The number of thiazole rings is 1. The van der Waals surface area contributed by atoms with Crippen LogP contribution in [-0.2, 0) is 12.7 Å². The molecule has 4 rings (SSSR count). The summed E-state index contributed by atoms with van der Waals surface area (Å²) in [5.74, 6) is -0.101. The molecule has 0 radical (unpaired) electrons. The molecule has 34 heavy (non-hydrogen) atoms. The summed E-state index contributed by atoms with van der Waals surface area (Å²) in [5, 5.41) is 15.5. The first-order valence-corrected chi connectivity index (χ1v) is 11.5. The number of carbonyl (C=O) groups is 1. The number of anilines is 2. The maximum Gasteiger partial charge on any atom is 0.418 e. The van der Waals surface area contributed by atoms with Crippen LogP contribution in [0.2, 0.25) is 0 Å². The molecule has 3 aromatic heterocycles. The zero-order valence-corrected chi connectivity index (χ0v) is 19.3. The Balaban J connectivity index is 1.47. The summed E-state index contributed by atoms with van der Waals surface area (Å²) in [5.41, 5.74) is 0.396. The van der Waals surface area contributed by atoms with Crippen molar-refractivity contribution in [3.63, 3.8) is 0 Å². The maximum atomic E-state index is 13.3. The second-order valence-electron chi connectivity index (χ2n) is 6.99. The van der Waals surface area contributed by atoms with E-state index in [1.165, 1.54) is 12.3 Å². The normalized spacial score (nSPS) is 11.6. The van der Waals surface area contributed by atoms with Gasteiger partial charge in [0.2, 0.25) is 5.88 Å². The number of ether oxygens (including phenoxy) is 1. The van der Waals surface area contributed by atoms with Crippen molar-refractivity contribution < 1.29 is 27.8 Å². The van der Waals surface area contributed by atoms with Crippen molar-refractivity contribution in [1.29, 1.82) is 0 Å². The first-order chi connectivity index (χ1) is 16.3. The number of aromatic nitrogens is 3. The van der Waals surface area contributed by atoms with Gasteiger partial charge < -0.3 is 20.5 Å². The Kier molecular flexibility index (Phi) is 6.95. The lowest BCUT2D eigenvalue weighted by Crippen LogP contribution is -2.15. The fourth-order valence-corrected chi connectivity index (χ4v) is 4.82. The van der Waals surface area contributed by atoms with Crippen LogP contribution in [-0.4, -0.2) is 38.6 Å². The first kappa shape index (κ1) is 23.9. The van der Waals surface area contributed by atoms with Gasteiger partial charge in [-0.1, -0.05) is 6.07 Å². The average molecular weight is 510 g/mol. The van der Waals surface area contributed by atoms with E-state index in [2.05, 4.69) is 25.0 Å². The molecule has 0 fully saturated rings. The van der Waals surface area contributed by atoms with Gasteiger partial charge in [-0.25, -0.2) is 9.97 Å². The van der Waals surface area contributed by atoms with Crippen molar-refractivity contribution in [1.82, 2.24) is 14.3 Å². The second kappa shape index (κ2) is 9.91. The number of hydrogen-bond donors (Lipinski definition) is 3. The summed E-state index contributed by atoms with van der Waals surface area (Å²) in [6.45, 7) is 1.80. The Morgan fingerprint density at radius 2 is 2.06 bits per heavy atom. The third-order valence-electron chi connectivity index (χ3n) is 4.59. The number of nitrogens with zero attached hydrogens (tertiary/aromatic N) is 3. The number of amides is 1. The van der Waals surface area contributed by atoms with Gasteiger partial charge in [0.25, 0.3) is 5.91 Å². The van der Waals surface area contributed by atoms with Crippen LogP contribution in [0.1, 0.15) is 26.6 Å². The van der Waals surface area contributed by atoms with E-state index in [9.17, 15) is 18.0 Å². The van der Waals surface area contributed by atoms with Gasteiger partial charge in [0.05, 0.1) is 52.1 Å². The Bertz CT molecular complexity index is 1310. The second-order valence-corrected chi connectivity index (χ2v) is 8.88. The van der Waals surface area contributed by atoms with Gasteiger partial charge in [0.1, 0.15) is 16.6 Å². The van der Waals surface area contributed by atoms with Crippen molar-refractivity contribution in [2.45, 2.75) is 19.6 Å². The van der Waals surface area contributed by atoms with Gasteiger partial charge in [-0.2, -0.15) is 17.5 Å². The fourth-order valence-electron chi connectivity index (χ4n) is 3.10. The zero-order chi connectivity index (χ0) is 24.3. The summed E-state index contributed by atoms with van der Waals surface area (Å²) in [6.07, 6.45) is -3.07. The number of fused-ring (bicyclic) bond motifs is 1. The number of aryl methyl sites for hydroxylation is 1. The lowest BCUT2D eigenvalue weighted by atomic mass is 10.2. The smallest absolute Gasteiger partial charge is 0.418 e. The number of aliphatic hydroxyl groups excluding tert-OH is 1. The molecule has 0 atom stereocenters.